The number of hydrogen-bond donors (Lipinski definition) is 0. The minimum absolute atomic E-state index is 0.0227. The van der Waals surface area contributed by atoms with E-state index >= 15 is 0 Å². The summed E-state index contributed by atoms with van der Waals surface area (Å²) in [6.45, 7) is 18.6. The molecule has 4 nitrogen and oxygen atoms in total. The Morgan fingerprint density at radius 3 is 1.70 bits per heavy atom. The van der Waals surface area contributed by atoms with Crippen molar-refractivity contribution in [1.82, 2.24) is 4.31 Å². The molecule has 0 saturated heterocycles. The molecule has 0 aromatic rings. The molecule has 0 bridgehead atoms. The van der Waals surface area contributed by atoms with E-state index in [1.807, 2.05) is 13.8 Å². The molecule has 0 spiro atoms. The summed E-state index contributed by atoms with van der Waals surface area (Å²) in [6.07, 6.45) is 0. The van der Waals surface area contributed by atoms with E-state index in [4.69, 9.17) is 13.2 Å². The average Bonchev–Trinajstić information content (AvgIpc) is 2.26. The van der Waals surface area contributed by atoms with Crippen molar-refractivity contribution in [1.29, 1.82) is 0 Å². The molecule has 0 N–H and O–H groups in total. The second-order valence-corrected chi connectivity index (χ2v) is 9.05. The molecule has 0 aromatic carbocycles. The van der Waals surface area contributed by atoms with Gasteiger partial charge in [-0.2, -0.15) is 0 Å². The quantitative estimate of drug-likeness (QED) is 0.354. The fourth-order valence-electron chi connectivity index (χ4n) is 1.79. The topological polar surface area (TPSA) is 30.9 Å². The first-order valence-electron chi connectivity index (χ1n) is 7.14. The largest absolute Gasteiger partial charge is 0.333 e. The maximum absolute atomic E-state index is 5.93. The van der Waals surface area contributed by atoms with Crippen LogP contribution in [0.3, 0.4) is 0 Å². The Labute approximate surface area is 131 Å². The molecule has 0 aliphatic heterocycles. The van der Waals surface area contributed by atoms with E-state index in [9.17, 15) is 0 Å². The van der Waals surface area contributed by atoms with Crippen LogP contribution in [-0.4, -0.2) is 36.0 Å². The van der Waals surface area contributed by atoms with E-state index in [1.54, 1.807) is 7.11 Å². The molecule has 0 aliphatic carbocycles. The van der Waals surface area contributed by atoms with E-state index in [-0.39, 0.29) is 16.7 Å². The Kier molecular flexibility index (Phi) is 9.19. The molecule has 0 amide bonds. The predicted molar refractivity (Wildman–Crippen MR) is 89.6 cm³/mol. The first-order valence-corrected chi connectivity index (χ1v) is 9.09. The first kappa shape index (κ1) is 20.6. The summed E-state index contributed by atoms with van der Waals surface area (Å²) in [5, 5.41) is 0. The molecule has 0 saturated carbocycles. The van der Waals surface area contributed by atoms with Crippen molar-refractivity contribution in [2.45, 2.75) is 66.7 Å². The van der Waals surface area contributed by atoms with E-state index < -0.39 is 8.38 Å². The van der Waals surface area contributed by atoms with Crippen LogP contribution in [0, 0.1) is 5.41 Å². The number of hydrogen-bond acceptors (Lipinski definition) is 5. The highest BCUT2D eigenvalue weighted by molar-refractivity contribution is 7.92. The van der Waals surface area contributed by atoms with Crippen LogP contribution in [0.4, 0.5) is 0 Å². The van der Waals surface area contributed by atoms with Crippen molar-refractivity contribution >= 4 is 20.6 Å². The molecule has 0 fully saturated rings. The van der Waals surface area contributed by atoms with Crippen LogP contribution < -0.4 is 0 Å². The number of nitrogens with zero attached hydrogens (tertiary/aromatic N) is 1. The maximum atomic E-state index is 5.93. The van der Waals surface area contributed by atoms with Gasteiger partial charge in [0.05, 0.1) is 38.3 Å². The summed E-state index contributed by atoms with van der Waals surface area (Å²) in [5.74, 6) is 0.141. The van der Waals surface area contributed by atoms with Crippen LogP contribution in [0.1, 0.15) is 55.4 Å². The number of rotatable bonds is 8. The van der Waals surface area contributed by atoms with Crippen molar-refractivity contribution in [3.63, 3.8) is 0 Å². The van der Waals surface area contributed by atoms with Crippen LogP contribution in [-0.2, 0) is 13.2 Å². The lowest BCUT2D eigenvalue weighted by Crippen LogP contribution is -2.48. The molecular weight excluding hydrogens is 293 g/mol. The lowest BCUT2D eigenvalue weighted by molar-refractivity contribution is 0.132. The molecule has 0 radical (unpaired) electrons. The highest BCUT2D eigenvalue weighted by atomic mass is 32.2. The average molecular weight is 325 g/mol. The zero-order valence-electron chi connectivity index (χ0n) is 14.5. The van der Waals surface area contributed by atoms with Gasteiger partial charge in [0.1, 0.15) is 0 Å². The summed E-state index contributed by atoms with van der Waals surface area (Å²) in [4.78, 5) is 0. The summed E-state index contributed by atoms with van der Waals surface area (Å²) < 4.78 is 19.5. The highest BCUT2D eigenvalue weighted by Gasteiger charge is 2.44. The molecule has 1 unspecified atom stereocenters. The van der Waals surface area contributed by atoms with Crippen molar-refractivity contribution < 1.29 is 13.2 Å². The summed E-state index contributed by atoms with van der Waals surface area (Å²) >= 11 is 1.39. The first-order chi connectivity index (χ1) is 9.09. The standard InChI is InChI=1S/C14H32NO3PS/c1-10-17-19(18-11-2)12(13(3,4)5)15(20-16-9)14(6,7)8/h12H,10-11H2,1-9H3. The van der Waals surface area contributed by atoms with Gasteiger partial charge in [-0.25, -0.2) is 4.31 Å². The van der Waals surface area contributed by atoms with Crippen LogP contribution in [0.15, 0.2) is 0 Å². The summed E-state index contributed by atoms with van der Waals surface area (Å²) in [7, 11) is 0.699. The Hall–Kier alpha value is 0.620. The molecule has 0 aromatic heterocycles. The fourth-order valence-corrected chi connectivity index (χ4v) is 4.93. The Balaban J connectivity index is 5.47. The Morgan fingerprint density at radius 1 is 1.00 bits per heavy atom. The van der Waals surface area contributed by atoms with Crippen LogP contribution in [0.5, 0.6) is 0 Å². The minimum atomic E-state index is -1.00. The van der Waals surface area contributed by atoms with Crippen molar-refractivity contribution in [3.05, 3.63) is 0 Å². The Bertz CT molecular complexity index is 260. The molecule has 0 heterocycles. The molecule has 0 rings (SSSR count). The van der Waals surface area contributed by atoms with E-state index in [0.717, 1.165) is 0 Å². The predicted octanol–water partition coefficient (Wildman–Crippen LogP) is 5.05. The third kappa shape index (κ3) is 6.59. The van der Waals surface area contributed by atoms with Crippen molar-refractivity contribution in [3.8, 4) is 0 Å². The fraction of sp³-hybridized carbons (Fsp3) is 1.00. The molecule has 20 heavy (non-hydrogen) atoms. The summed E-state index contributed by atoms with van der Waals surface area (Å²) in [5.41, 5.74) is -0.0255. The van der Waals surface area contributed by atoms with Gasteiger partial charge in [0.2, 0.25) is 0 Å². The monoisotopic (exact) mass is 325 g/mol. The van der Waals surface area contributed by atoms with E-state index in [2.05, 4.69) is 45.8 Å². The van der Waals surface area contributed by atoms with Gasteiger partial charge in [0.15, 0.2) is 8.38 Å². The van der Waals surface area contributed by atoms with Gasteiger partial charge in [-0.05, 0) is 40.0 Å². The van der Waals surface area contributed by atoms with Gasteiger partial charge in [0, 0.05) is 5.54 Å². The van der Waals surface area contributed by atoms with Crippen LogP contribution in [0.25, 0.3) is 0 Å². The molecular formula is C14H32NO3PS. The lowest BCUT2D eigenvalue weighted by atomic mass is 9.94. The van der Waals surface area contributed by atoms with Crippen LogP contribution >= 0.6 is 20.6 Å². The molecule has 1 atom stereocenters. The SMILES string of the molecule is CCOP(OCC)C(N(SOC)C(C)(C)C)C(C)(C)C. The van der Waals surface area contributed by atoms with E-state index in [0.29, 0.717) is 13.2 Å². The second-order valence-electron chi connectivity index (χ2n) is 6.60. The van der Waals surface area contributed by atoms with Crippen molar-refractivity contribution in [2.24, 2.45) is 5.41 Å². The van der Waals surface area contributed by atoms with Crippen LogP contribution in [0.2, 0.25) is 0 Å². The Morgan fingerprint density at radius 2 is 1.45 bits per heavy atom. The van der Waals surface area contributed by atoms with Crippen molar-refractivity contribution in [2.75, 3.05) is 20.3 Å². The maximum Gasteiger partial charge on any atom is 0.190 e. The highest BCUT2D eigenvalue weighted by Crippen LogP contribution is 2.55. The van der Waals surface area contributed by atoms with Gasteiger partial charge < -0.3 is 13.2 Å². The molecule has 0 aliphatic rings. The van der Waals surface area contributed by atoms with Gasteiger partial charge in [-0.3, -0.25) is 0 Å². The molecule has 122 valence electrons. The molecule has 6 heteroatoms. The summed E-state index contributed by atoms with van der Waals surface area (Å²) in [6, 6.07) is 0. The van der Waals surface area contributed by atoms with E-state index in [1.165, 1.54) is 12.2 Å². The third-order valence-corrected chi connectivity index (χ3v) is 6.18. The van der Waals surface area contributed by atoms with Gasteiger partial charge >= 0.3 is 0 Å². The van der Waals surface area contributed by atoms with Gasteiger partial charge in [-0.1, -0.05) is 20.8 Å². The van der Waals surface area contributed by atoms with Gasteiger partial charge in [0.25, 0.3) is 0 Å². The smallest absolute Gasteiger partial charge is 0.190 e. The van der Waals surface area contributed by atoms with Gasteiger partial charge in [-0.15, -0.1) is 0 Å². The third-order valence-electron chi connectivity index (χ3n) is 2.53. The minimum Gasteiger partial charge on any atom is -0.333 e. The zero-order valence-corrected chi connectivity index (χ0v) is 16.2. The zero-order chi connectivity index (χ0) is 16.0. The normalized spacial score (nSPS) is 15.2. The second kappa shape index (κ2) is 8.92. The lowest BCUT2D eigenvalue weighted by Gasteiger charge is -2.47.